The lowest BCUT2D eigenvalue weighted by Gasteiger charge is -2.37. The second-order valence-electron chi connectivity index (χ2n) is 5.94. The molecule has 0 aromatic carbocycles. The molecule has 2 rings (SSSR count). The van der Waals surface area contributed by atoms with Gasteiger partial charge < -0.3 is 11.1 Å². The average molecular weight is 264 g/mol. The molecule has 1 aromatic rings. The molecule has 0 saturated heterocycles. The number of nitrogens with two attached hydrogens (primary N) is 1. The van der Waals surface area contributed by atoms with Crippen molar-refractivity contribution in [1.29, 1.82) is 0 Å². The van der Waals surface area contributed by atoms with Crippen molar-refractivity contribution in [3.05, 3.63) is 18.5 Å². The van der Waals surface area contributed by atoms with Gasteiger partial charge in [0.1, 0.15) is 0 Å². The van der Waals surface area contributed by atoms with Crippen molar-refractivity contribution in [3.63, 3.8) is 0 Å². The van der Waals surface area contributed by atoms with E-state index in [2.05, 4.69) is 10.4 Å². The SMILES string of the molecule is CC(Cn1cccn1)NC(=O)C1CCCCC1(C)N. The second-order valence-corrected chi connectivity index (χ2v) is 5.94. The fourth-order valence-corrected chi connectivity index (χ4v) is 2.87. The number of aromatic nitrogens is 2. The van der Waals surface area contributed by atoms with Gasteiger partial charge in [-0.3, -0.25) is 9.48 Å². The van der Waals surface area contributed by atoms with Gasteiger partial charge in [0.05, 0.1) is 12.5 Å². The Kier molecular flexibility index (Phi) is 4.24. The van der Waals surface area contributed by atoms with Gasteiger partial charge in [0.2, 0.25) is 5.91 Å². The molecule has 0 radical (unpaired) electrons. The molecule has 5 nitrogen and oxygen atoms in total. The molecule has 1 fully saturated rings. The van der Waals surface area contributed by atoms with Gasteiger partial charge in [-0.2, -0.15) is 5.10 Å². The van der Waals surface area contributed by atoms with E-state index in [1.807, 2.05) is 30.8 Å². The summed E-state index contributed by atoms with van der Waals surface area (Å²) in [6.07, 6.45) is 7.69. The summed E-state index contributed by atoms with van der Waals surface area (Å²) in [6.45, 7) is 4.68. The van der Waals surface area contributed by atoms with E-state index < -0.39 is 0 Å². The van der Waals surface area contributed by atoms with Gasteiger partial charge in [-0.05, 0) is 32.8 Å². The van der Waals surface area contributed by atoms with E-state index in [-0.39, 0.29) is 23.4 Å². The van der Waals surface area contributed by atoms with Crippen LogP contribution >= 0.6 is 0 Å². The van der Waals surface area contributed by atoms with E-state index in [0.29, 0.717) is 6.54 Å². The minimum atomic E-state index is -0.367. The molecule has 5 heteroatoms. The van der Waals surface area contributed by atoms with Gasteiger partial charge in [0, 0.05) is 24.0 Å². The van der Waals surface area contributed by atoms with Crippen LogP contribution in [0.4, 0.5) is 0 Å². The predicted octanol–water partition coefficient (Wildman–Crippen LogP) is 1.30. The summed E-state index contributed by atoms with van der Waals surface area (Å²) in [6, 6.07) is 1.94. The van der Waals surface area contributed by atoms with Crippen LogP contribution in [-0.4, -0.2) is 27.3 Å². The third-order valence-corrected chi connectivity index (χ3v) is 3.98. The van der Waals surface area contributed by atoms with Crippen LogP contribution < -0.4 is 11.1 Å². The summed E-state index contributed by atoms with van der Waals surface area (Å²) in [5.41, 5.74) is 5.89. The minimum absolute atomic E-state index is 0.0603. The van der Waals surface area contributed by atoms with E-state index in [1.165, 1.54) is 0 Å². The summed E-state index contributed by atoms with van der Waals surface area (Å²) in [7, 11) is 0. The summed E-state index contributed by atoms with van der Waals surface area (Å²) in [5, 5.41) is 7.21. The fraction of sp³-hybridized carbons (Fsp3) is 0.714. The summed E-state index contributed by atoms with van der Waals surface area (Å²) >= 11 is 0. The number of hydrogen-bond donors (Lipinski definition) is 2. The van der Waals surface area contributed by atoms with Gasteiger partial charge in [0.15, 0.2) is 0 Å². The maximum absolute atomic E-state index is 12.3. The Morgan fingerprint density at radius 3 is 3.05 bits per heavy atom. The average Bonchev–Trinajstić information content (AvgIpc) is 2.80. The second kappa shape index (κ2) is 5.74. The topological polar surface area (TPSA) is 72.9 Å². The molecule has 3 atom stereocenters. The summed E-state index contributed by atoms with van der Waals surface area (Å²) < 4.78 is 1.83. The van der Waals surface area contributed by atoms with Crippen LogP contribution in [0.25, 0.3) is 0 Å². The van der Waals surface area contributed by atoms with Crippen LogP contribution in [0.15, 0.2) is 18.5 Å². The van der Waals surface area contributed by atoms with Crippen LogP contribution in [0.2, 0.25) is 0 Å². The molecule has 0 aliphatic heterocycles. The normalized spacial score (nSPS) is 28.9. The Hall–Kier alpha value is -1.36. The first-order valence-electron chi connectivity index (χ1n) is 7.06. The van der Waals surface area contributed by atoms with Crippen LogP contribution in [0.1, 0.15) is 39.5 Å². The van der Waals surface area contributed by atoms with Crippen LogP contribution in [0.5, 0.6) is 0 Å². The number of nitrogens with zero attached hydrogens (tertiary/aromatic N) is 2. The van der Waals surface area contributed by atoms with Gasteiger partial charge in [-0.1, -0.05) is 12.8 Å². The number of nitrogens with one attached hydrogen (secondary N) is 1. The first kappa shape index (κ1) is 14.1. The van der Waals surface area contributed by atoms with Crippen LogP contribution in [-0.2, 0) is 11.3 Å². The third kappa shape index (κ3) is 3.56. The molecular formula is C14H24N4O. The van der Waals surface area contributed by atoms with E-state index in [9.17, 15) is 4.79 Å². The lowest BCUT2D eigenvalue weighted by atomic mass is 9.74. The highest BCUT2D eigenvalue weighted by molar-refractivity contribution is 5.80. The fourth-order valence-electron chi connectivity index (χ4n) is 2.87. The summed E-state index contributed by atoms with van der Waals surface area (Å²) in [5.74, 6) is 0.0191. The highest BCUT2D eigenvalue weighted by atomic mass is 16.2. The molecule has 1 aromatic heterocycles. The number of carbonyl (C=O) groups is 1. The zero-order chi connectivity index (χ0) is 13.9. The Labute approximate surface area is 114 Å². The van der Waals surface area contributed by atoms with Crippen molar-refractivity contribution in [3.8, 4) is 0 Å². The lowest BCUT2D eigenvalue weighted by Crippen LogP contribution is -2.54. The van der Waals surface area contributed by atoms with E-state index >= 15 is 0 Å². The molecule has 0 bridgehead atoms. The monoisotopic (exact) mass is 264 g/mol. The number of carbonyl (C=O) groups excluding carboxylic acids is 1. The molecule has 1 amide bonds. The molecule has 1 aliphatic rings. The zero-order valence-corrected chi connectivity index (χ0v) is 11.8. The molecule has 19 heavy (non-hydrogen) atoms. The maximum atomic E-state index is 12.3. The Morgan fingerprint density at radius 2 is 2.42 bits per heavy atom. The summed E-state index contributed by atoms with van der Waals surface area (Å²) in [4.78, 5) is 12.3. The van der Waals surface area contributed by atoms with Crippen molar-refractivity contribution in [2.45, 2.75) is 57.7 Å². The Balaban J connectivity index is 1.89. The highest BCUT2D eigenvalue weighted by Crippen LogP contribution is 2.31. The maximum Gasteiger partial charge on any atom is 0.225 e. The van der Waals surface area contributed by atoms with E-state index in [0.717, 1.165) is 25.7 Å². The zero-order valence-electron chi connectivity index (χ0n) is 11.8. The van der Waals surface area contributed by atoms with Gasteiger partial charge in [-0.15, -0.1) is 0 Å². The molecule has 1 aliphatic carbocycles. The van der Waals surface area contributed by atoms with Gasteiger partial charge >= 0.3 is 0 Å². The predicted molar refractivity (Wildman–Crippen MR) is 74.4 cm³/mol. The van der Waals surface area contributed by atoms with Crippen LogP contribution in [0, 0.1) is 5.92 Å². The van der Waals surface area contributed by atoms with Crippen LogP contribution in [0.3, 0.4) is 0 Å². The van der Waals surface area contributed by atoms with Crippen molar-refractivity contribution in [1.82, 2.24) is 15.1 Å². The first-order valence-corrected chi connectivity index (χ1v) is 7.06. The van der Waals surface area contributed by atoms with Crippen molar-refractivity contribution in [2.75, 3.05) is 0 Å². The standard InChI is InChI=1S/C14H24N4O/c1-11(10-18-9-5-8-16-18)17-13(19)12-6-3-4-7-14(12,2)15/h5,8-9,11-12H,3-4,6-7,10,15H2,1-2H3,(H,17,19). The van der Waals surface area contributed by atoms with Crippen molar-refractivity contribution >= 4 is 5.91 Å². The van der Waals surface area contributed by atoms with Gasteiger partial charge in [-0.25, -0.2) is 0 Å². The number of rotatable bonds is 4. The lowest BCUT2D eigenvalue weighted by molar-refractivity contribution is -0.128. The third-order valence-electron chi connectivity index (χ3n) is 3.98. The largest absolute Gasteiger partial charge is 0.351 e. The molecule has 1 heterocycles. The molecule has 1 saturated carbocycles. The minimum Gasteiger partial charge on any atom is -0.351 e. The quantitative estimate of drug-likeness (QED) is 0.861. The molecule has 3 unspecified atom stereocenters. The molecule has 3 N–H and O–H groups in total. The van der Waals surface area contributed by atoms with E-state index in [4.69, 9.17) is 5.73 Å². The van der Waals surface area contributed by atoms with Crippen molar-refractivity contribution < 1.29 is 4.79 Å². The number of hydrogen-bond acceptors (Lipinski definition) is 3. The highest BCUT2D eigenvalue weighted by Gasteiger charge is 2.37. The van der Waals surface area contributed by atoms with E-state index in [1.54, 1.807) is 6.20 Å². The Morgan fingerprint density at radius 1 is 1.63 bits per heavy atom. The molecule has 0 spiro atoms. The molecular weight excluding hydrogens is 240 g/mol. The first-order chi connectivity index (χ1) is 8.99. The number of amides is 1. The smallest absolute Gasteiger partial charge is 0.225 e. The Bertz CT molecular complexity index is 413. The van der Waals surface area contributed by atoms with Gasteiger partial charge in [0.25, 0.3) is 0 Å². The van der Waals surface area contributed by atoms with Crippen molar-refractivity contribution in [2.24, 2.45) is 11.7 Å². The molecule has 106 valence electrons.